The Hall–Kier alpha value is -3.60. The van der Waals surface area contributed by atoms with E-state index in [0.29, 0.717) is 17.4 Å². The first kappa shape index (κ1) is 28.4. The maximum Gasteiger partial charge on any atom is 0.252 e. The van der Waals surface area contributed by atoms with E-state index in [1.54, 1.807) is 18.2 Å². The number of rotatable bonds is 11. The number of hydrogen-bond acceptors (Lipinski definition) is 5. The molecule has 3 aromatic carbocycles. The van der Waals surface area contributed by atoms with Gasteiger partial charge in [0.25, 0.3) is 5.91 Å². The third-order valence-corrected chi connectivity index (χ3v) is 7.57. The number of aliphatic hydroxyl groups excluding tert-OH is 1. The summed E-state index contributed by atoms with van der Waals surface area (Å²) in [6.07, 6.45) is 2.20. The Kier molecular flexibility index (Phi) is 8.79. The summed E-state index contributed by atoms with van der Waals surface area (Å²) in [5, 5.41) is 17.5. The van der Waals surface area contributed by atoms with Crippen LogP contribution in [-0.2, 0) is 29.4 Å². The van der Waals surface area contributed by atoms with Crippen LogP contribution < -0.4 is 10.6 Å². The number of aromatic nitrogens is 1. The molecule has 3 N–H and O–H groups in total. The molecule has 0 radical (unpaired) electrons. The standard InChI is InChI=1S/C29H31F2N3O4S/c1-3-19-6-4-7-20(12-19)17-32-18-28(35)26(15-21-13-22(30)16-23(31)14-21)33-29(36)25-8-5-9-27-24(25)10-11-34(27)39(2,37)38/h4-14,16,26,28,32,35H,3,15,17-18H2,1-2H3,(H,33,36)/t26-,28-/m0/s1. The van der Waals surface area contributed by atoms with Crippen molar-refractivity contribution >= 4 is 26.8 Å². The zero-order valence-corrected chi connectivity index (χ0v) is 22.5. The number of carbonyl (C=O) groups excluding carboxylic acids is 1. The lowest BCUT2D eigenvalue weighted by atomic mass is 9.99. The minimum absolute atomic E-state index is 0.0328. The quantitative estimate of drug-likeness (QED) is 0.262. The van der Waals surface area contributed by atoms with Crippen LogP contribution in [0.5, 0.6) is 0 Å². The fourth-order valence-electron chi connectivity index (χ4n) is 4.61. The molecule has 10 heteroatoms. The Morgan fingerprint density at radius 3 is 2.36 bits per heavy atom. The molecule has 0 aliphatic carbocycles. The van der Waals surface area contributed by atoms with Crippen LogP contribution >= 0.6 is 0 Å². The Morgan fingerprint density at radius 2 is 1.67 bits per heavy atom. The van der Waals surface area contributed by atoms with Crippen molar-refractivity contribution in [2.45, 2.75) is 38.5 Å². The Morgan fingerprint density at radius 1 is 0.974 bits per heavy atom. The molecule has 7 nitrogen and oxygen atoms in total. The lowest BCUT2D eigenvalue weighted by molar-refractivity contribution is 0.0831. The van der Waals surface area contributed by atoms with Gasteiger partial charge in [-0.05, 0) is 59.9 Å². The van der Waals surface area contributed by atoms with Crippen LogP contribution in [-0.4, -0.2) is 48.4 Å². The predicted octanol–water partition coefficient (Wildman–Crippen LogP) is 3.78. The molecule has 2 atom stereocenters. The molecular weight excluding hydrogens is 524 g/mol. The van der Waals surface area contributed by atoms with Crippen molar-refractivity contribution in [2.24, 2.45) is 0 Å². The Bertz CT molecular complexity index is 1570. The summed E-state index contributed by atoms with van der Waals surface area (Å²) in [7, 11) is -3.59. The van der Waals surface area contributed by atoms with Gasteiger partial charge in [0, 0.05) is 36.3 Å². The lowest BCUT2D eigenvalue weighted by Gasteiger charge is -2.25. The van der Waals surface area contributed by atoms with E-state index in [-0.39, 0.29) is 24.1 Å². The topological polar surface area (TPSA) is 100 Å². The molecule has 0 spiro atoms. The lowest BCUT2D eigenvalue weighted by Crippen LogP contribution is -2.48. The van der Waals surface area contributed by atoms with Crippen LogP contribution in [0.25, 0.3) is 10.9 Å². The predicted molar refractivity (Wildman–Crippen MR) is 147 cm³/mol. The first-order chi connectivity index (χ1) is 18.5. The number of nitrogens with zero attached hydrogens (tertiary/aromatic N) is 1. The van der Waals surface area contributed by atoms with Crippen molar-refractivity contribution in [3.8, 4) is 0 Å². The van der Waals surface area contributed by atoms with Gasteiger partial charge < -0.3 is 15.7 Å². The fourth-order valence-corrected chi connectivity index (χ4v) is 5.41. The van der Waals surface area contributed by atoms with Crippen molar-refractivity contribution in [1.82, 2.24) is 14.6 Å². The van der Waals surface area contributed by atoms with Gasteiger partial charge in [0.05, 0.1) is 23.9 Å². The number of aryl methyl sites for hydroxylation is 1. The van der Waals surface area contributed by atoms with E-state index in [1.807, 2.05) is 18.2 Å². The van der Waals surface area contributed by atoms with Gasteiger partial charge in [-0.2, -0.15) is 0 Å². The minimum Gasteiger partial charge on any atom is -0.390 e. The molecule has 0 bridgehead atoms. The molecule has 4 rings (SSSR count). The SMILES string of the molecule is CCc1cccc(CNC[C@H](O)[C@H](Cc2cc(F)cc(F)c2)NC(=O)c2cccc3c2ccn3S(C)(=O)=O)c1. The number of amides is 1. The van der Waals surface area contributed by atoms with E-state index in [2.05, 4.69) is 23.6 Å². The number of benzene rings is 3. The van der Waals surface area contributed by atoms with E-state index in [1.165, 1.54) is 17.8 Å². The summed E-state index contributed by atoms with van der Waals surface area (Å²) in [5.74, 6) is -2.07. The summed E-state index contributed by atoms with van der Waals surface area (Å²) in [6.45, 7) is 2.65. The first-order valence-corrected chi connectivity index (χ1v) is 14.4. The smallest absolute Gasteiger partial charge is 0.252 e. The highest BCUT2D eigenvalue weighted by Crippen LogP contribution is 2.22. The number of hydrogen-bond donors (Lipinski definition) is 3. The van der Waals surface area contributed by atoms with Gasteiger partial charge in [-0.15, -0.1) is 0 Å². The second-order valence-corrected chi connectivity index (χ2v) is 11.4. The van der Waals surface area contributed by atoms with Crippen LogP contribution in [0.1, 0.15) is 34.0 Å². The van der Waals surface area contributed by atoms with Gasteiger partial charge in [0.1, 0.15) is 11.6 Å². The molecule has 39 heavy (non-hydrogen) atoms. The Labute approximate surface area is 226 Å². The second kappa shape index (κ2) is 12.1. The minimum atomic E-state index is -3.59. The highest BCUT2D eigenvalue weighted by atomic mass is 32.2. The van der Waals surface area contributed by atoms with E-state index < -0.39 is 39.7 Å². The molecule has 1 heterocycles. The molecular formula is C29H31F2N3O4S. The van der Waals surface area contributed by atoms with Gasteiger partial charge >= 0.3 is 0 Å². The maximum absolute atomic E-state index is 13.9. The number of aliphatic hydroxyl groups is 1. The summed E-state index contributed by atoms with van der Waals surface area (Å²) >= 11 is 0. The van der Waals surface area contributed by atoms with Gasteiger partial charge in [-0.1, -0.05) is 37.3 Å². The van der Waals surface area contributed by atoms with Crippen molar-refractivity contribution in [3.05, 3.63) is 107 Å². The van der Waals surface area contributed by atoms with E-state index in [9.17, 15) is 27.1 Å². The molecule has 0 fully saturated rings. The second-order valence-electron chi connectivity index (χ2n) is 9.55. The van der Waals surface area contributed by atoms with E-state index in [0.717, 1.165) is 40.4 Å². The molecule has 0 aliphatic rings. The molecule has 0 aliphatic heterocycles. The summed E-state index contributed by atoms with van der Waals surface area (Å²) in [5.41, 5.74) is 3.05. The molecule has 206 valence electrons. The van der Waals surface area contributed by atoms with Gasteiger partial charge in [0.2, 0.25) is 10.0 Å². The summed E-state index contributed by atoms with van der Waals surface area (Å²) < 4.78 is 53.1. The van der Waals surface area contributed by atoms with Crippen LogP contribution in [0.2, 0.25) is 0 Å². The van der Waals surface area contributed by atoms with Crippen molar-refractivity contribution in [1.29, 1.82) is 0 Å². The number of halogens is 2. The molecule has 0 saturated carbocycles. The van der Waals surface area contributed by atoms with E-state index >= 15 is 0 Å². The van der Waals surface area contributed by atoms with Crippen molar-refractivity contribution < 1.29 is 27.1 Å². The third kappa shape index (κ3) is 7.08. The number of carbonyl (C=O) groups is 1. The normalized spacial score (nSPS) is 13.4. The molecule has 0 unspecified atom stereocenters. The summed E-state index contributed by atoms with van der Waals surface area (Å²) in [4.78, 5) is 13.4. The Balaban J connectivity index is 1.55. The van der Waals surface area contributed by atoms with Gasteiger partial charge in [-0.25, -0.2) is 21.2 Å². The van der Waals surface area contributed by atoms with Crippen LogP contribution in [0.4, 0.5) is 8.78 Å². The van der Waals surface area contributed by atoms with Crippen LogP contribution in [0.15, 0.2) is 72.9 Å². The van der Waals surface area contributed by atoms with Crippen LogP contribution in [0.3, 0.4) is 0 Å². The zero-order valence-electron chi connectivity index (χ0n) is 21.7. The molecule has 1 aromatic heterocycles. The zero-order chi connectivity index (χ0) is 28.2. The highest BCUT2D eigenvalue weighted by molar-refractivity contribution is 7.89. The highest BCUT2D eigenvalue weighted by Gasteiger charge is 2.24. The van der Waals surface area contributed by atoms with E-state index in [4.69, 9.17) is 0 Å². The number of nitrogens with one attached hydrogen (secondary N) is 2. The molecule has 4 aromatic rings. The van der Waals surface area contributed by atoms with Gasteiger partial charge in [0.15, 0.2) is 0 Å². The largest absolute Gasteiger partial charge is 0.390 e. The average molecular weight is 556 g/mol. The third-order valence-electron chi connectivity index (χ3n) is 6.54. The van der Waals surface area contributed by atoms with Gasteiger partial charge in [-0.3, -0.25) is 4.79 Å². The first-order valence-electron chi connectivity index (χ1n) is 12.6. The van der Waals surface area contributed by atoms with Crippen molar-refractivity contribution in [3.63, 3.8) is 0 Å². The maximum atomic E-state index is 13.9. The van der Waals surface area contributed by atoms with Crippen LogP contribution in [0, 0.1) is 11.6 Å². The van der Waals surface area contributed by atoms with Crippen molar-refractivity contribution in [2.75, 3.05) is 12.8 Å². The fraction of sp³-hybridized carbons (Fsp3) is 0.276. The monoisotopic (exact) mass is 555 g/mol. The average Bonchev–Trinajstić information content (AvgIpc) is 3.33. The molecule has 1 amide bonds. The molecule has 0 saturated heterocycles. The summed E-state index contributed by atoms with van der Waals surface area (Å²) in [6, 6.07) is 16.4. The number of fused-ring (bicyclic) bond motifs is 1.